The van der Waals surface area contributed by atoms with Crippen molar-refractivity contribution in [3.63, 3.8) is 0 Å². The van der Waals surface area contributed by atoms with E-state index < -0.39 is 0 Å². The number of benzene rings is 2. The van der Waals surface area contributed by atoms with Gasteiger partial charge in [-0.2, -0.15) is 5.26 Å². The fourth-order valence-electron chi connectivity index (χ4n) is 3.41. The van der Waals surface area contributed by atoms with E-state index in [-0.39, 0.29) is 6.61 Å². The normalized spacial score (nSPS) is 18.1. The number of anilines is 1. The Morgan fingerprint density at radius 1 is 1.19 bits per heavy atom. The van der Waals surface area contributed by atoms with E-state index in [4.69, 9.17) is 5.11 Å². The zero-order valence-electron chi connectivity index (χ0n) is 12.1. The van der Waals surface area contributed by atoms with Crippen LogP contribution in [0.15, 0.2) is 36.4 Å². The molecule has 0 saturated carbocycles. The summed E-state index contributed by atoms with van der Waals surface area (Å²) in [5.74, 6) is 0. The van der Waals surface area contributed by atoms with Crippen molar-refractivity contribution >= 4 is 16.5 Å². The molecule has 1 aliphatic heterocycles. The second-order valence-electron chi connectivity index (χ2n) is 5.64. The summed E-state index contributed by atoms with van der Waals surface area (Å²) in [6.45, 7) is 1.32. The first-order valence-electron chi connectivity index (χ1n) is 7.64. The molecule has 1 fully saturated rings. The number of nitriles is 1. The fraction of sp³-hybridized carbons (Fsp3) is 0.389. The van der Waals surface area contributed by atoms with E-state index in [0.717, 1.165) is 35.7 Å². The predicted octanol–water partition coefficient (Wildman–Crippen LogP) is 3.45. The maximum Gasteiger partial charge on any atom is 0.0998 e. The molecule has 3 heteroatoms. The standard InChI is InChI=1S/C18H20N2O/c19-13-14-9-10-18(17-8-2-1-7-16(14)17)20-11-3-5-15(20)6-4-12-21/h1-2,7-10,15,21H,3-6,11-12H2. The molecule has 2 aromatic rings. The van der Waals surface area contributed by atoms with Gasteiger partial charge in [-0.15, -0.1) is 0 Å². The molecule has 1 unspecified atom stereocenters. The summed E-state index contributed by atoms with van der Waals surface area (Å²) in [5.41, 5.74) is 1.96. The van der Waals surface area contributed by atoms with Crippen molar-refractivity contribution in [3.8, 4) is 6.07 Å². The Labute approximate surface area is 125 Å². The van der Waals surface area contributed by atoms with Crippen LogP contribution in [-0.2, 0) is 0 Å². The van der Waals surface area contributed by atoms with E-state index >= 15 is 0 Å². The third-order valence-corrected chi connectivity index (χ3v) is 4.40. The van der Waals surface area contributed by atoms with Gasteiger partial charge in [-0.25, -0.2) is 0 Å². The third-order valence-electron chi connectivity index (χ3n) is 4.40. The van der Waals surface area contributed by atoms with Gasteiger partial charge < -0.3 is 10.0 Å². The van der Waals surface area contributed by atoms with Gasteiger partial charge in [-0.3, -0.25) is 0 Å². The molecule has 3 nitrogen and oxygen atoms in total. The van der Waals surface area contributed by atoms with Gasteiger partial charge >= 0.3 is 0 Å². The highest BCUT2D eigenvalue weighted by molar-refractivity contribution is 5.98. The molecule has 1 aliphatic rings. The number of hydrogen-bond acceptors (Lipinski definition) is 3. The summed E-state index contributed by atoms with van der Waals surface area (Å²) in [6.07, 6.45) is 4.28. The van der Waals surface area contributed by atoms with Crippen LogP contribution in [0, 0.1) is 11.3 Å². The van der Waals surface area contributed by atoms with Crippen molar-refractivity contribution in [1.82, 2.24) is 0 Å². The summed E-state index contributed by atoms with van der Waals surface area (Å²) < 4.78 is 0. The topological polar surface area (TPSA) is 47.3 Å². The van der Waals surface area contributed by atoms with Crippen molar-refractivity contribution in [2.75, 3.05) is 18.1 Å². The number of aliphatic hydroxyl groups excluding tert-OH is 1. The molecule has 1 saturated heterocycles. The van der Waals surface area contributed by atoms with Crippen LogP contribution in [0.4, 0.5) is 5.69 Å². The lowest BCUT2D eigenvalue weighted by Crippen LogP contribution is -2.29. The Hall–Kier alpha value is -2.05. The largest absolute Gasteiger partial charge is 0.396 e. The average Bonchev–Trinajstić information content (AvgIpc) is 3.00. The smallest absolute Gasteiger partial charge is 0.0998 e. The van der Waals surface area contributed by atoms with E-state index in [1.165, 1.54) is 18.5 Å². The molecule has 108 valence electrons. The monoisotopic (exact) mass is 280 g/mol. The van der Waals surface area contributed by atoms with E-state index in [9.17, 15) is 5.26 Å². The minimum Gasteiger partial charge on any atom is -0.396 e. The van der Waals surface area contributed by atoms with Crippen LogP contribution in [0.1, 0.15) is 31.2 Å². The van der Waals surface area contributed by atoms with Crippen LogP contribution in [0.3, 0.4) is 0 Å². The lowest BCUT2D eigenvalue weighted by molar-refractivity contribution is 0.279. The molecule has 21 heavy (non-hydrogen) atoms. The summed E-state index contributed by atoms with van der Waals surface area (Å²) in [5, 5.41) is 20.5. The van der Waals surface area contributed by atoms with Crippen molar-refractivity contribution < 1.29 is 5.11 Å². The molecular weight excluding hydrogens is 260 g/mol. The zero-order chi connectivity index (χ0) is 14.7. The Balaban J connectivity index is 2.02. The molecule has 3 rings (SSSR count). The molecule has 1 atom stereocenters. The molecule has 0 spiro atoms. The lowest BCUT2D eigenvalue weighted by atomic mass is 10.0. The first-order valence-corrected chi connectivity index (χ1v) is 7.64. The number of fused-ring (bicyclic) bond motifs is 1. The Bertz CT molecular complexity index is 674. The number of hydrogen-bond donors (Lipinski definition) is 1. The molecule has 1 heterocycles. The molecule has 1 N–H and O–H groups in total. The highest BCUT2D eigenvalue weighted by atomic mass is 16.2. The quantitative estimate of drug-likeness (QED) is 0.933. The first kappa shape index (κ1) is 13.9. The summed E-state index contributed by atoms with van der Waals surface area (Å²) in [7, 11) is 0. The Kier molecular flexibility index (Phi) is 4.08. The first-order chi connectivity index (χ1) is 10.3. The van der Waals surface area contributed by atoms with Gasteiger partial charge in [-0.05, 0) is 37.8 Å². The van der Waals surface area contributed by atoms with Gasteiger partial charge in [0, 0.05) is 35.7 Å². The minimum absolute atomic E-state index is 0.262. The van der Waals surface area contributed by atoms with Crippen LogP contribution >= 0.6 is 0 Å². The van der Waals surface area contributed by atoms with Crippen LogP contribution in [0.5, 0.6) is 0 Å². The Morgan fingerprint density at radius 2 is 2.00 bits per heavy atom. The average molecular weight is 280 g/mol. The maximum absolute atomic E-state index is 9.27. The van der Waals surface area contributed by atoms with E-state index in [1.54, 1.807) is 0 Å². The summed E-state index contributed by atoms with van der Waals surface area (Å²) in [4.78, 5) is 2.46. The number of rotatable bonds is 4. The lowest BCUT2D eigenvalue weighted by Gasteiger charge is -2.28. The Morgan fingerprint density at radius 3 is 2.76 bits per heavy atom. The molecule has 0 amide bonds. The van der Waals surface area contributed by atoms with Crippen molar-refractivity contribution in [1.29, 1.82) is 5.26 Å². The zero-order valence-corrected chi connectivity index (χ0v) is 12.1. The van der Waals surface area contributed by atoms with Crippen molar-refractivity contribution in [3.05, 3.63) is 42.0 Å². The molecule has 0 aromatic heterocycles. The van der Waals surface area contributed by atoms with Crippen molar-refractivity contribution in [2.24, 2.45) is 0 Å². The van der Waals surface area contributed by atoms with Gasteiger partial charge in [0.15, 0.2) is 0 Å². The van der Waals surface area contributed by atoms with E-state index in [0.29, 0.717) is 6.04 Å². The van der Waals surface area contributed by atoms with Crippen LogP contribution in [-0.4, -0.2) is 24.3 Å². The maximum atomic E-state index is 9.27. The van der Waals surface area contributed by atoms with E-state index in [1.807, 2.05) is 24.3 Å². The number of nitrogens with zero attached hydrogens (tertiary/aromatic N) is 2. The molecule has 0 aliphatic carbocycles. The SMILES string of the molecule is N#Cc1ccc(N2CCCC2CCCO)c2ccccc12. The fourth-order valence-corrected chi connectivity index (χ4v) is 3.41. The van der Waals surface area contributed by atoms with Crippen molar-refractivity contribution in [2.45, 2.75) is 31.7 Å². The highest BCUT2D eigenvalue weighted by Gasteiger charge is 2.25. The summed E-state index contributed by atoms with van der Waals surface area (Å²) in [6, 6.07) is 14.9. The molecular formula is C18H20N2O. The van der Waals surface area contributed by atoms with Gasteiger partial charge in [-0.1, -0.05) is 24.3 Å². The summed E-state index contributed by atoms with van der Waals surface area (Å²) >= 11 is 0. The van der Waals surface area contributed by atoms with Crippen LogP contribution in [0.2, 0.25) is 0 Å². The van der Waals surface area contributed by atoms with Crippen LogP contribution in [0.25, 0.3) is 10.8 Å². The second-order valence-corrected chi connectivity index (χ2v) is 5.64. The second kappa shape index (κ2) is 6.15. The third kappa shape index (κ3) is 2.59. The van der Waals surface area contributed by atoms with Gasteiger partial charge in [0.25, 0.3) is 0 Å². The predicted molar refractivity (Wildman–Crippen MR) is 85.4 cm³/mol. The van der Waals surface area contributed by atoms with Gasteiger partial charge in [0.05, 0.1) is 11.6 Å². The molecule has 0 bridgehead atoms. The molecule has 0 radical (unpaired) electrons. The number of aliphatic hydroxyl groups is 1. The van der Waals surface area contributed by atoms with Gasteiger partial charge in [0.2, 0.25) is 0 Å². The molecule has 2 aromatic carbocycles. The van der Waals surface area contributed by atoms with Gasteiger partial charge in [0.1, 0.15) is 0 Å². The highest BCUT2D eigenvalue weighted by Crippen LogP contribution is 2.34. The minimum atomic E-state index is 0.262. The van der Waals surface area contributed by atoms with E-state index in [2.05, 4.69) is 23.1 Å². The van der Waals surface area contributed by atoms with Crippen LogP contribution < -0.4 is 4.90 Å².